The molecule has 0 N–H and O–H groups in total. The molecule has 3 nitrogen and oxygen atoms in total. The van der Waals surface area contributed by atoms with Gasteiger partial charge in [-0.15, -0.1) is 0 Å². The van der Waals surface area contributed by atoms with E-state index < -0.39 is 0 Å². The summed E-state index contributed by atoms with van der Waals surface area (Å²) in [6.45, 7) is 6.90. The molecule has 1 aromatic heterocycles. The molecule has 0 spiro atoms. The van der Waals surface area contributed by atoms with E-state index >= 15 is 0 Å². The first-order chi connectivity index (χ1) is 6.58. The van der Waals surface area contributed by atoms with Crippen molar-refractivity contribution in [3.8, 4) is 0 Å². The van der Waals surface area contributed by atoms with E-state index in [-0.39, 0.29) is 5.78 Å². The maximum Gasteiger partial charge on any atom is 0.130 e. The van der Waals surface area contributed by atoms with Crippen LogP contribution in [0.1, 0.15) is 32.8 Å². The standard InChI is InChI=1S/C11H18N2O/c1-9(2)7-13-8-11(6-12-13)5-4-10(3)14/h6,8-9H,4-5,7H2,1-3H3. The summed E-state index contributed by atoms with van der Waals surface area (Å²) < 4.78 is 1.94. The lowest BCUT2D eigenvalue weighted by Crippen LogP contribution is -2.04. The molecule has 0 fully saturated rings. The first-order valence-corrected chi connectivity index (χ1v) is 5.08. The van der Waals surface area contributed by atoms with Crippen LogP contribution in [0.15, 0.2) is 12.4 Å². The SMILES string of the molecule is CC(=O)CCc1cnn(CC(C)C)c1. The van der Waals surface area contributed by atoms with Crippen molar-refractivity contribution < 1.29 is 4.79 Å². The van der Waals surface area contributed by atoms with Crippen LogP contribution < -0.4 is 0 Å². The molecule has 0 aliphatic carbocycles. The highest BCUT2D eigenvalue weighted by Crippen LogP contribution is 2.04. The molecule has 0 amide bonds. The fourth-order valence-corrected chi connectivity index (χ4v) is 1.33. The number of carbonyl (C=O) groups is 1. The summed E-state index contributed by atoms with van der Waals surface area (Å²) >= 11 is 0. The monoisotopic (exact) mass is 194 g/mol. The van der Waals surface area contributed by atoms with Crippen LogP contribution in [0, 0.1) is 5.92 Å². The van der Waals surface area contributed by atoms with Gasteiger partial charge in [-0.2, -0.15) is 5.10 Å². The van der Waals surface area contributed by atoms with Gasteiger partial charge < -0.3 is 4.79 Å². The van der Waals surface area contributed by atoms with Crippen LogP contribution in [0.25, 0.3) is 0 Å². The molecule has 1 aromatic rings. The molecule has 1 rings (SSSR count). The van der Waals surface area contributed by atoms with Gasteiger partial charge in [0.05, 0.1) is 6.20 Å². The molecular weight excluding hydrogens is 176 g/mol. The van der Waals surface area contributed by atoms with E-state index in [1.54, 1.807) is 6.92 Å². The zero-order valence-electron chi connectivity index (χ0n) is 9.16. The second kappa shape index (κ2) is 4.94. The molecule has 0 saturated heterocycles. The van der Waals surface area contributed by atoms with Crippen molar-refractivity contribution in [2.24, 2.45) is 5.92 Å². The molecule has 1 heterocycles. The number of ketones is 1. The van der Waals surface area contributed by atoms with Crippen molar-refractivity contribution in [3.63, 3.8) is 0 Å². The van der Waals surface area contributed by atoms with Gasteiger partial charge >= 0.3 is 0 Å². The number of hydrogen-bond acceptors (Lipinski definition) is 2. The number of rotatable bonds is 5. The number of Topliss-reactive ketones (excluding diaryl/α,β-unsaturated/α-hetero) is 1. The molecule has 3 heteroatoms. The van der Waals surface area contributed by atoms with Gasteiger partial charge in [0, 0.05) is 19.2 Å². The number of aromatic nitrogens is 2. The second-order valence-electron chi connectivity index (χ2n) is 4.17. The highest BCUT2D eigenvalue weighted by atomic mass is 16.1. The fourth-order valence-electron chi connectivity index (χ4n) is 1.33. The summed E-state index contributed by atoms with van der Waals surface area (Å²) in [6, 6.07) is 0. The minimum absolute atomic E-state index is 0.238. The van der Waals surface area contributed by atoms with Gasteiger partial charge in [0.25, 0.3) is 0 Å². The predicted octanol–water partition coefficient (Wildman–Crippen LogP) is 2.06. The van der Waals surface area contributed by atoms with Gasteiger partial charge in [-0.3, -0.25) is 4.68 Å². The van der Waals surface area contributed by atoms with Gasteiger partial charge in [0.15, 0.2) is 0 Å². The zero-order chi connectivity index (χ0) is 10.6. The van der Waals surface area contributed by atoms with Crippen LogP contribution in [0.2, 0.25) is 0 Å². The van der Waals surface area contributed by atoms with Crippen molar-refractivity contribution in [2.45, 2.75) is 40.2 Å². The van der Waals surface area contributed by atoms with Gasteiger partial charge in [0.2, 0.25) is 0 Å². The zero-order valence-corrected chi connectivity index (χ0v) is 9.16. The Bertz CT molecular complexity index is 302. The molecule has 14 heavy (non-hydrogen) atoms. The second-order valence-corrected chi connectivity index (χ2v) is 4.17. The Balaban J connectivity index is 2.46. The topological polar surface area (TPSA) is 34.9 Å². The normalized spacial score (nSPS) is 10.9. The van der Waals surface area contributed by atoms with Crippen LogP contribution in [-0.2, 0) is 17.8 Å². The average molecular weight is 194 g/mol. The number of nitrogens with zero attached hydrogens (tertiary/aromatic N) is 2. The van der Waals surface area contributed by atoms with Crippen molar-refractivity contribution in [2.75, 3.05) is 0 Å². The summed E-state index contributed by atoms with van der Waals surface area (Å²) in [5.74, 6) is 0.845. The molecule has 78 valence electrons. The quantitative estimate of drug-likeness (QED) is 0.719. The maximum atomic E-state index is 10.8. The van der Waals surface area contributed by atoms with Crippen molar-refractivity contribution in [1.29, 1.82) is 0 Å². The lowest BCUT2D eigenvalue weighted by Gasteiger charge is -2.03. The highest BCUT2D eigenvalue weighted by molar-refractivity contribution is 5.75. The number of hydrogen-bond donors (Lipinski definition) is 0. The van der Waals surface area contributed by atoms with Crippen molar-refractivity contribution in [1.82, 2.24) is 9.78 Å². The van der Waals surface area contributed by atoms with E-state index in [1.807, 2.05) is 17.1 Å². The van der Waals surface area contributed by atoms with E-state index in [1.165, 1.54) is 0 Å². The van der Waals surface area contributed by atoms with E-state index in [2.05, 4.69) is 18.9 Å². The molecule has 0 bridgehead atoms. The van der Waals surface area contributed by atoms with Gasteiger partial charge in [-0.25, -0.2) is 0 Å². The Labute approximate surface area is 85.1 Å². The summed E-state index contributed by atoms with van der Waals surface area (Å²) in [4.78, 5) is 10.8. The van der Waals surface area contributed by atoms with Crippen molar-refractivity contribution in [3.05, 3.63) is 18.0 Å². The van der Waals surface area contributed by atoms with Crippen LogP contribution in [0.3, 0.4) is 0 Å². The maximum absolute atomic E-state index is 10.8. The average Bonchev–Trinajstić information content (AvgIpc) is 2.47. The lowest BCUT2D eigenvalue weighted by molar-refractivity contribution is -0.116. The van der Waals surface area contributed by atoms with E-state index in [4.69, 9.17) is 0 Å². The molecule has 0 radical (unpaired) electrons. The third-order valence-corrected chi connectivity index (χ3v) is 2.00. The molecule has 0 saturated carbocycles. The Morgan fingerprint density at radius 3 is 2.86 bits per heavy atom. The van der Waals surface area contributed by atoms with Gasteiger partial charge in [-0.1, -0.05) is 13.8 Å². The number of aryl methyl sites for hydroxylation is 1. The highest BCUT2D eigenvalue weighted by Gasteiger charge is 2.01. The van der Waals surface area contributed by atoms with Crippen LogP contribution in [0.4, 0.5) is 0 Å². The Morgan fingerprint density at radius 2 is 2.29 bits per heavy atom. The van der Waals surface area contributed by atoms with Crippen LogP contribution in [-0.4, -0.2) is 15.6 Å². The Hall–Kier alpha value is -1.12. The Morgan fingerprint density at radius 1 is 1.57 bits per heavy atom. The summed E-state index contributed by atoms with van der Waals surface area (Å²) in [5, 5.41) is 4.24. The lowest BCUT2D eigenvalue weighted by atomic mass is 10.1. The van der Waals surface area contributed by atoms with Gasteiger partial charge in [-0.05, 0) is 24.8 Å². The molecular formula is C11H18N2O. The molecule has 0 aliphatic heterocycles. The Kier molecular flexibility index (Phi) is 3.86. The van der Waals surface area contributed by atoms with E-state index in [0.717, 1.165) is 18.5 Å². The number of carbonyl (C=O) groups excluding carboxylic acids is 1. The molecule has 0 aliphatic rings. The molecule has 0 atom stereocenters. The smallest absolute Gasteiger partial charge is 0.130 e. The molecule has 0 aromatic carbocycles. The molecule has 0 unspecified atom stereocenters. The fraction of sp³-hybridized carbons (Fsp3) is 0.636. The minimum atomic E-state index is 0.238. The summed E-state index contributed by atoms with van der Waals surface area (Å²) in [6.07, 6.45) is 5.31. The van der Waals surface area contributed by atoms with E-state index in [0.29, 0.717) is 12.3 Å². The minimum Gasteiger partial charge on any atom is -0.300 e. The van der Waals surface area contributed by atoms with Gasteiger partial charge in [0.1, 0.15) is 5.78 Å². The first kappa shape index (κ1) is 11.0. The summed E-state index contributed by atoms with van der Waals surface area (Å²) in [5.41, 5.74) is 1.15. The third-order valence-electron chi connectivity index (χ3n) is 2.00. The van der Waals surface area contributed by atoms with Crippen LogP contribution in [0.5, 0.6) is 0 Å². The summed E-state index contributed by atoms with van der Waals surface area (Å²) in [7, 11) is 0. The first-order valence-electron chi connectivity index (χ1n) is 5.08. The van der Waals surface area contributed by atoms with Crippen molar-refractivity contribution >= 4 is 5.78 Å². The van der Waals surface area contributed by atoms with E-state index in [9.17, 15) is 4.79 Å². The third kappa shape index (κ3) is 3.73. The predicted molar refractivity (Wildman–Crippen MR) is 56.1 cm³/mol. The largest absolute Gasteiger partial charge is 0.300 e. The van der Waals surface area contributed by atoms with Crippen LogP contribution >= 0.6 is 0 Å².